The van der Waals surface area contributed by atoms with Crippen molar-refractivity contribution in [3.05, 3.63) is 34.5 Å². The highest BCUT2D eigenvalue weighted by Gasteiger charge is 1.99. The molecule has 2 aromatic rings. The molecule has 0 aliphatic carbocycles. The summed E-state index contributed by atoms with van der Waals surface area (Å²) < 4.78 is 0. The second-order valence-electron chi connectivity index (χ2n) is 3.71. The topological polar surface area (TPSA) is 49.8 Å². The van der Waals surface area contributed by atoms with Gasteiger partial charge in [0.15, 0.2) is 0 Å². The van der Waals surface area contributed by atoms with Crippen molar-refractivity contribution in [2.45, 2.75) is 20.4 Å². The van der Waals surface area contributed by atoms with Crippen LogP contribution in [-0.2, 0) is 6.54 Å². The molecule has 5 heteroatoms. The zero-order chi connectivity index (χ0) is 12.1. The Bertz CT molecular complexity index is 481. The van der Waals surface area contributed by atoms with E-state index in [4.69, 9.17) is 0 Å². The predicted molar refractivity (Wildman–Crippen MR) is 72.6 cm³/mol. The van der Waals surface area contributed by atoms with Crippen molar-refractivity contribution in [2.75, 3.05) is 17.2 Å². The molecule has 0 saturated carbocycles. The van der Waals surface area contributed by atoms with E-state index in [1.165, 1.54) is 4.88 Å². The van der Waals surface area contributed by atoms with Crippen LogP contribution in [0.1, 0.15) is 16.8 Å². The van der Waals surface area contributed by atoms with Crippen LogP contribution in [0, 0.1) is 6.92 Å². The van der Waals surface area contributed by atoms with Gasteiger partial charge in [-0.05, 0) is 19.9 Å². The first-order chi connectivity index (χ1) is 8.28. The van der Waals surface area contributed by atoms with Gasteiger partial charge in [0, 0.05) is 17.6 Å². The maximum Gasteiger partial charge on any atom is 0.112 e. The molecule has 0 fully saturated rings. The summed E-state index contributed by atoms with van der Waals surface area (Å²) in [6, 6.07) is 2.05. The normalized spacial score (nSPS) is 10.2. The number of aromatic nitrogens is 2. The number of thiazole rings is 1. The number of hydrogen-bond acceptors (Lipinski definition) is 5. The van der Waals surface area contributed by atoms with Crippen LogP contribution >= 0.6 is 11.3 Å². The van der Waals surface area contributed by atoms with E-state index in [0.29, 0.717) is 0 Å². The van der Waals surface area contributed by atoms with Gasteiger partial charge in [-0.25, -0.2) is 4.98 Å². The zero-order valence-electron chi connectivity index (χ0n) is 10.0. The number of nitrogens with one attached hydrogen (secondary N) is 2. The molecule has 0 saturated heterocycles. The summed E-state index contributed by atoms with van der Waals surface area (Å²) >= 11 is 1.71. The fourth-order valence-corrected chi connectivity index (χ4v) is 2.23. The van der Waals surface area contributed by atoms with Crippen molar-refractivity contribution in [3.63, 3.8) is 0 Å². The first-order valence-corrected chi connectivity index (χ1v) is 6.43. The average Bonchev–Trinajstić information content (AvgIpc) is 2.74. The van der Waals surface area contributed by atoms with E-state index < -0.39 is 0 Å². The Balaban J connectivity index is 1.96. The SMILES string of the molecule is CCNc1cncc(NCc2ncc(C)s2)c1. The van der Waals surface area contributed by atoms with Crippen molar-refractivity contribution < 1.29 is 0 Å². The van der Waals surface area contributed by atoms with Gasteiger partial charge >= 0.3 is 0 Å². The van der Waals surface area contributed by atoms with Crippen LogP contribution in [0.15, 0.2) is 24.7 Å². The Hall–Kier alpha value is -1.62. The van der Waals surface area contributed by atoms with Gasteiger partial charge in [0.05, 0.1) is 30.3 Å². The molecular formula is C12H16N4S. The summed E-state index contributed by atoms with van der Waals surface area (Å²) in [6.07, 6.45) is 5.54. The van der Waals surface area contributed by atoms with Crippen LogP contribution in [0.2, 0.25) is 0 Å². The maximum atomic E-state index is 4.31. The van der Waals surface area contributed by atoms with Gasteiger partial charge in [-0.2, -0.15) is 0 Å². The van der Waals surface area contributed by atoms with Crippen LogP contribution in [0.4, 0.5) is 11.4 Å². The highest BCUT2D eigenvalue weighted by atomic mass is 32.1. The molecule has 0 atom stereocenters. The van der Waals surface area contributed by atoms with Crippen LogP contribution in [0.25, 0.3) is 0 Å². The molecule has 0 aromatic carbocycles. The highest BCUT2D eigenvalue weighted by molar-refractivity contribution is 7.11. The molecule has 17 heavy (non-hydrogen) atoms. The van der Waals surface area contributed by atoms with Crippen molar-refractivity contribution in [2.24, 2.45) is 0 Å². The summed E-state index contributed by atoms with van der Waals surface area (Å²) in [5.41, 5.74) is 2.05. The number of rotatable bonds is 5. The molecule has 2 N–H and O–H groups in total. The second-order valence-corrected chi connectivity index (χ2v) is 5.03. The zero-order valence-corrected chi connectivity index (χ0v) is 10.8. The van der Waals surface area contributed by atoms with E-state index in [-0.39, 0.29) is 0 Å². The number of nitrogens with zero attached hydrogens (tertiary/aromatic N) is 2. The van der Waals surface area contributed by atoms with Crippen molar-refractivity contribution in [1.29, 1.82) is 0 Å². The Morgan fingerprint density at radius 1 is 1.18 bits per heavy atom. The number of pyridine rings is 1. The van der Waals surface area contributed by atoms with E-state index in [1.807, 2.05) is 18.6 Å². The standard InChI is InChI=1S/C12H16N4S/c1-3-14-10-4-11(7-13-6-10)15-8-12-16-5-9(2)17-12/h4-7,14-15H,3,8H2,1-2H3. The smallest absolute Gasteiger partial charge is 0.112 e. The highest BCUT2D eigenvalue weighted by Crippen LogP contribution is 2.16. The third kappa shape index (κ3) is 3.42. The summed E-state index contributed by atoms with van der Waals surface area (Å²) in [6.45, 7) is 5.78. The van der Waals surface area contributed by atoms with Crippen LogP contribution in [-0.4, -0.2) is 16.5 Å². The molecule has 2 rings (SSSR count). The third-order valence-corrected chi connectivity index (χ3v) is 3.14. The molecule has 0 spiro atoms. The second kappa shape index (κ2) is 5.63. The Labute approximate surface area is 105 Å². The molecule has 0 aliphatic rings. The van der Waals surface area contributed by atoms with Gasteiger partial charge < -0.3 is 10.6 Å². The molecule has 0 radical (unpaired) electrons. The van der Waals surface area contributed by atoms with Crippen LogP contribution < -0.4 is 10.6 Å². The monoisotopic (exact) mass is 248 g/mol. The predicted octanol–water partition coefficient (Wildman–Crippen LogP) is 2.89. The molecule has 0 bridgehead atoms. The minimum atomic E-state index is 0.746. The van der Waals surface area contributed by atoms with Gasteiger partial charge in [-0.15, -0.1) is 11.3 Å². The van der Waals surface area contributed by atoms with Gasteiger partial charge in [0.1, 0.15) is 5.01 Å². The molecule has 4 nitrogen and oxygen atoms in total. The molecule has 2 aromatic heterocycles. The van der Waals surface area contributed by atoms with Crippen LogP contribution in [0.3, 0.4) is 0 Å². The van der Waals surface area contributed by atoms with E-state index in [0.717, 1.165) is 29.5 Å². The minimum Gasteiger partial charge on any atom is -0.384 e. The van der Waals surface area contributed by atoms with E-state index >= 15 is 0 Å². The van der Waals surface area contributed by atoms with Crippen molar-refractivity contribution >= 4 is 22.7 Å². The fraction of sp³-hybridized carbons (Fsp3) is 0.333. The van der Waals surface area contributed by atoms with E-state index in [1.54, 1.807) is 11.3 Å². The molecule has 0 amide bonds. The Morgan fingerprint density at radius 3 is 2.59 bits per heavy atom. The summed E-state index contributed by atoms with van der Waals surface area (Å²) in [7, 11) is 0. The molecule has 90 valence electrons. The first kappa shape index (κ1) is 11.9. The lowest BCUT2D eigenvalue weighted by Crippen LogP contribution is -2.01. The number of hydrogen-bond donors (Lipinski definition) is 2. The van der Waals surface area contributed by atoms with Crippen LogP contribution in [0.5, 0.6) is 0 Å². The molecule has 0 unspecified atom stereocenters. The lowest BCUT2D eigenvalue weighted by Gasteiger charge is -2.07. The summed E-state index contributed by atoms with van der Waals surface area (Å²) in [5, 5.41) is 7.65. The Morgan fingerprint density at radius 2 is 1.94 bits per heavy atom. The summed E-state index contributed by atoms with van der Waals surface area (Å²) in [5.74, 6) is 0. The van der Waals surface area contributed by atoms with Gasteiger partial charge in [-0.3, -0.25) is 4.98 Å². The molecule has 0 aliphatic heterocycles. The van der Waals surface area contributed by atoms with Gasteiger partial charge in [0.25, 0.3) is 0 Å². The lowest BCUT2D eigenvalue weighted by molar-refractivity contribution is 1.09. The third-order valence-electron chi connectivity index (χ3n) is 2.23. The number of aryl methyl sites for hydroxylation is 1. The molecule has 2 heterocycles. The van der Waals surface area contributed by atoms with Crippen molar-refractivity contribution in [1.82, 2.24) is 9.97 Å². The van der Waals surface area contributed by atoms with Crippen molar-refractivity contribution in [3.8, 4) is 0 Å². The maximum absolute atomic E-state index is 4.31. The van der Waals surface area contributed by atoms with E-state index in [9.17, 15) is 0 Å². The van der Waals surface area contributed by atoms with Gasteiger partial charge in [-0.1, -0.05) is 0 Å². The summed E-state index contributed by atoms with van der Waals surface area (Å²) in [4.78, 5) is 9.73. The minimum absolute atomic E-state index is 0.746. The van der Waals surface area contributed by atoms with E-state index in [2.05, 4.69) is 40.5 Å². The average molecular weight is 248 g/mol. The van der Waals surface area contributed by atoms with Gasteiger partial charge in [0.2, 0.25) is 0 Å². The number of anilines is 2. The largest absolute Gasteiger partial charge is 0.384 e. The fourth-order valence-electron chi connectivity index (χ4n) is 1.50. The quantitative estimate of drug-likeness (QED) is 0.854. The Kier molecular flexibility index (Phi) is 3.93. The first-order valence-electron chi connectivity index (χ1n) is 5.62. The molecular weight excluding hydrogens is 232 g/mol. The lowest BCUT2D eigenvalue weighted by atomic mass is 10.3.